The van der Waals surface area contributed by atoms with Crippen molar-refractivity contribution in [2.24, 2.45) is 0 Å². The fourth-order valence-corrected chi connectivity index (χ4v) is 2.63. The van der Waals surface area contributed by atoms with Crippen LogP contribution in [-0.4, -0.2) is 22.4 Å². The normalized spacial score (nSPS) is 17.7. The molecule has 5 nitrogen and oxygen atoms in total. The lowest BCUT2D eigenvalue weighted by Crippen LogP contribution is -2.25. The van der Waals surface area contributed by atoms with Gasteiger partial charge in [0.15, 0.2) is 0 Å². The molecule has 0 amide bonds. The Morgan fingerprint density at radius 3 is 2.79 bits per heavy atom. The molecule has 0 atom stereocenters. The van der Waals surface area contributed by atoms with E-state index >= 15 is 0 Å². The Labute approximate surface area is 111 Å². The van der Waals surface area contributed by atoms with Crippen LogP contribution in [0.1, 0.15) is 31.5 Å². The molecule has 0 saturated heterocycles. The number of phenolic OH excluding ortho intramolecular Hbond substituents is 1. The van der Waals surface area contributed by atoms with Gasteiger partial charge in [0, 0.05) is 12.7 Å². The summed E-state index contributed by atoms with van der Waals surface area (Å²) in [6, 6.07) is 6.78. The van der Waals surface area contributed by atoms with Crippen molar-refractivity contribution >= 4 is 0 Å². The van der Waals surface area contributed by atoms with Gasteiger partial charge in [0.05, 0.1) is 0 Å². The van der Waals surface area contributed by atoms with Crippen LogP contribution in [0, 0.1) is 0 Å². The Balaban J connectivity index is 1.95. The van der Waals surface area contributed by atoms with Gasteiger partial charge in [-0.15, -0.1) is 0 Å². The first-order valence-corrected chi connectivity index (χ1v) is 6.42. The largest absolute Gasteiger partial charge is 0.508 e. The third-order valence-electron chi connectivity index (χ3n) is 3.73. The molecule has 1 heterocycles. The van der Waals surface area contributed by atoms with Crippen LogP contribution in [0.3, 0.4) is 0 Å². The maximum atomic E-state index is 9.48. The molecular formula is C14H16N2O3. The Morgan fingerprint density at radius 2 is 2.11 bits per heavy atom. The topological polar surface area (TPSA) is 68.4 Å². The molecule has 1 aromatic carbocycles. The van der Waals surface area contributed by atoms with E-state index < -0.39 is 5.60 Å². The van der Waals surface area contributed by atoms with Crippen molar-refractivity contribution < 1.29 is 14.4 Å². The first kappa shape index (κ1) is 12.2. The SMILES string of the molecule is COC1(c2noc(-c3cccc(O)c3)n2)CCCC1. The van der Waals surface area contributed by atoms with Crippen molar-refractivity contribution in [3.05, 3.63) is 30.1 Å². The number of aromatic hydroxyl groups is 1. The molecule has 1 aromatic heterocycles. The lowest BCUT2D eigenvalue weighted by molar-refractivity contribution is -0.0178. The zero-order chi connectivity index (χ0) is 13.3. The minimum atomic E-state index is -0.404. The highest BCUT2D eigenvalue weighted by atomic mass is 16.5. The number of hydrogen-bond donors (Lipinski definition) is 1. The van der Waals surface area contributed by atoms with E-state index in [0.29, 0.717) is 17.3 Å². The van der Waals surface area contributed by atoms with E-state index in [1.807, 2.05) is 6.07 Å². The Morgan fingerprint density at radius 1 is 1.32 bits per heavy atom. The predicted molar refractivity (Wildman–Crippen MR) is 68.6 cm³/mol. The Kier molecular flexibility index (Phi) is 2.98. The summed E-state index contributed by atoms with van der Waals surface area (Å²) in [4.78, 5) is 4.43. The van der Waals surface area contributed by atoms with Gasteiger partial charge in [-0.1, -0.05) is 11.2 Å². The summed E-state index contributed by atoms with van der Waals surface area (Å²) < 4.78 is 10.9. The summed E-state index contributed by atoms with van der Waals surface area (Å²) in [6.07, 6.45) is 4.07. The van der Waals surface area contributed by atoms with Crippen molar-refractivity contribution in [3.8, 4) is 17.2 Å². The highest BCUT2D eigenvalue weighted by Gasteiger charge is 2.40. The van der Waals surface area contributed by atoms with Crippen LogP contribution in [0.25, 0.3) is 11.5 Å². The molecule has 5 heteroatoms. The van der Waals surface area contributed by atoms with Crippen LogP contribution >= 0.6 is 0 Å². The van der Waals surface area contributed by atoms with Crippen molar-refractivity contribution in [1.29, 1.82) is 0 Å². The van der Waals surface area contributed by atoms with Gasteiger partial charge in [0.1, 0.15) is 11.4 Å². The average molecular weight is 260 g/mol. The molecule has 2 aromatic rings. The number of hydrogen-bond acceptors (Lipinski definition) is 5. The van der Waals surface area contributed by atoms with Crippen LogP contribution in [-0.2, 0) is 10.3 Å². The molecule has 1 aliphatic carbocycles. The zero-order valence-electron chi connectivity index (χ0n) is 10.8. The smallest absolute Gasteiger partial charge is 0.258 e. The van der Waals surface area contributed by atoms with E-state index in [2.05, 4.69) is 10.1 Å². The third-order valence-corrected chi connectivity index (χ3v) is 3.73. The van der Waals surface area contributed by atoms with Gasteiger partial charge in [-0.25, -0.2) is 0 Å². The van der Waals surface area contributed by atoms with Crippen LogP contribution in [0.15, 0.2) is 28.8 Å². The fraction of sp³-hybridized carbons (Fsp3) is 0.429. The highest BCUT2D eigenvalue weighted by molar-refractivity contribution is 5.55. The number of ether oxygens (including phenoxy) is 1. The lowest BCUT2D eigenvalue weighted by atomic mass is 10.0. The number of benzene rings is 1. The second-order valence-corrected chi connectivity index (χ2v) is 4.88. The van der Waals surface area contributed by atoms with Crippen LogP contribution < -0.4 is 0 Å². The van der Waals surface area contributed by atoms with E-state index in [1.165, 1.54) is 0 Å². The van der Waals surface area contributed by atoms with Crippen LogP contribution in [0.5, 0.6) is 5.75 Å². The average Bonchev–Trinajstić information content (AvgIpc) is 3.08. The fourth-order valence-electron chi connectivity index (χ4n) is 2.63. The van der Waals surface area contributed by atoms with E-state index in [1.54, 1.807) is 25.3 Å². The minimum absolute atomic E-state index is 0.180. The molecule has 1 saturated carbocycles. The molecule has 1 aliphatic rings. The molecule has 0 radical (unpaired) electrons. The molecule has 0 spiro atoms. The van der Waals surface area contributed by atoms with E-state index in [0.717, 1.165) is 25.7 Å². The van der Waals surface area contributed by atoms with E-state index in [9.17, 15) is 5.11 Å². The maximum Gasteiger partial charge on any atom is 0.258 e. The molecule has 19 heavy (non-hydrogen) atoms. The van der Waals surface area contributed by atoms with Gasteiger partial charge in [0.2, 0.25) is 5.82 Å². The highest BCUT2D eigenvalue weighted by Crippen LogP contribution is 2.40. The van der Waals surface area contributed by atoms with Crippen molar-refractivity contribution in [1.82, 2.24) is 10.1 Å². The summed E-state index contributed by atoms with van der Waals surface area (Å²) in [5.41, 5.74) is 0.307. The zero-order valence-corrected chi connectivity index (χ0v) is 10.8. The molecule has 100 valence electrons. The first-order chi connectivity index (χ1) is 9.23. The van der Waals surface area contributed by atoms with Gasteiger partial charge < -0.3 is 14.4 Å². The second kappa shape index (κ2) is 4.66. The quantitative estimate of drug-likeness (QED) is 0.919. The molecular weight excluding hydrogens is 244 g/mol. The molecule has 1 fully saturated rings. The summed E-state index contributed by atoms with van der Waals surface area (Å²) >= 11 is 0. The number of aromatic nitrogens is 2. The maximum absolute atomic E-state index is 9.48. The minimum Gasteiger partial charge on any atom is -0.508 e. The summed E-state index contributed by atoms with van der Waals surface area (Å²) in [6.45, 7) is 0. The predicted octanol–water partition coefficient (Wildman–Crippen LogP) is 2.86. The van der Waals surface area contributed by atoms with Gasteiger partial charge in [0.25, 0.3) is 5.89 Å². The molecule has 0 unspecified atom stereocenters. The van der Waals surface area contributed by atoms with E-state index in [-0.39, 0.29) is 5.75 Å². The van der Waals surface area contributed by atoms with Crippen molar-refractivity contribution in [2.75, 3.05) is 7.11 Å². The van der Waals surface area contributed by atoms with Crippen molar-refractivity contribution in [2.45, 2.75) is 31.3 Å². The number of methoxy groups -OCH3 is 1. The monoisotopic (exact) mass is 260 g/mol. The van der Waals surface area contributed by atoms with Gasteiger partial charge in [-0.2, -0.15) is 4.98 Å². The molecule has 0 aliphatic heterocycles. The van der Waals surface area contributed by atoms with Gasteiger partial charge in [-0.3, -0.25) is 0 Å². The van der Waals surface area contributed by atoms with Crippen LogP contribution in [0.4, 0.5) is 0 Å². The number of nitrogens with zero attached hydrogens (tertiary/aromatic N) is 2. The summed E-state index contributed by atoms with van der Waals surface area (Å²) in [5.74, 6) is 1.19. The second-order valence-electron chi connectivity index (χ2n) is 4.88. The standard InChI is InChI=1S/C14H16N2O3/c1-18-14(7-2-3-8-14)13-15-12(19-16-13)10-5-4-6-11(17)9-10/h4-6,9,17H,2-3,7-8H2,1H3. The van der Waals surface area contributed by atoms with Crippen LogP contribution in [0.2, 0.25) is 0 Å². The number of phenols is 1. The summed E-state index contributed by atoms with van der Waals surface area (Å²) in [5, 5.41) is 13.5. The van der Waals surface area contributed by atoms with Crippen molar-refractivity contribution in [3.63, 3.8) is 0 Å². The molecule has 1 N–H and O–H groups in total. The first-order valence-electron chi connectivity index (χ1n) is 6.42. The van der Waals surface area contributed by atoms with Gasteiger partial charge in [-0.05, 0) is 43.9 Å². The summed E-state index contributed by atoms with van der Waals surface area (Å²) in [7, 11) is 1.69. The number of rotatable bonds is 3. The third kappa shape index (κ3) is 2.10. The Bertz CT molecular complexity index is 574. The van der Waals surface area contributed by atoms with E-state index in [4.69, 9.17) is 9.26 Å². The molecule has 0 bridgehead atoms. The lowest BCUT2D eigenvalue weighted by Gasteiger charge is -2.22. The molecule has 3 rings (SSSR count). The Hall–Kier alpha value is -1.88. The van der Waals surface area contributed by atoms with Gasteiger partial charge >= 0.3 is 0 Å².